The Bertz CT molecular complexity index is 1160. The van der Waals surface area contributed by atoms with Crippen LogP contribution in [-0.4, -0.2) is 79.7 Å². The summed E-state index contributed by atoms with van der Waals surface area (Å²) in [5, 5.41) is 11.8. The average Bonchev–Trinajstić information content (AvgIpc) is 3.19. The number of methoxy groups -OCH3 is 1. The molecule has 1 unspecified atom stereocenters. The zero-order valence-electron chi connectivity index (χ0n) is 22.0. The number of likely N-dealkylation sites (tertiary alicyclic amines) is 1. The Balaban J connectivity index is 1.69. The van der Waals surface area contributed by atoms with E-state index in [0.29, 0.717) is 60.4 Å². The first-order valence-corrected chi connectivity index (χ1v) is 13.5. The summed E-state index contributed by atoms with van der Waals surface area (Å²) in [5.41, 5.74) is 1.12. The number of unbranched alkanes of at least 4 members (excludes halogenated alkanes) is 1. The first-order chi connectivity index (χ1) is 18.4. The summed E-state index contributed by atoms with van der Waals surface area (Å²) in [5.74, 6) is -0.482. The van der Waals surface area contributed by atoms with Gasteiger partial charge in [0.2, 0.25) is 0 Å². The summed E-state index contributed by atoms with van der Waals surface area (Å²) in [4.78, 5) is 30.4. The van der Waals surface area contributed by atoms with Crippen LogP contribution in [0.3, 0.4) is 0 Å². The van der Waals surface area contributed by atoms with Gasteiger partial charge in [-0.25, -0.2) is 0 Å². The Kier molecular flexibility index (Phi) is 9.66. The summed E-state index contributed by atoms with van der Waals surface area (Å²) < 4.78 is 16.9. The van der Waals surface area contributed by atoms with Crippen molar-refractivity contribution < 1.29 is 28.9 Å². The summed E-state index contributed by atoms with van der Waals surface area (Å²) in [7, 11) is 1.55. The quantitative estimate of drug-likeness (QED) is 0.191. The van der Waals surface area contributed by atoms with Crippen LogP contribution in [0.25, 0.3) is 5.76 Å². The molecule has 0 spiro atoms. The number of ketones is 1. The highest BCUT2D eigenvalue weighted by molar-refractivity contribution is 6.46. The Morgan fingerprint density at radius 2 is 1.79 bits per heavy atom. The molecule has 0 bridgehead atoms. The molecule has 9 heteroatoms. The van der Waals surface area contributed by atoms with Gasteiger partial charge in [0.1, 0.15) is 5.76 Å². The lowest BCUT2D eigenvalue weighted by molar-refractivity contribution is -0.140. The molecule has 0 aromatic heterocycles. The Morgan fingerprint density at radius 1 is 1.05 bits per heavy atom. The van der Waals surface area contributed by atoms with Crippen molar-refractivity contribution in [2.24, 2.45) is 0 Å². The maximum absolute atomic E-state index is 13.3. The molecule has 2 aromatic rings. The molecule has 2 saturated heterocycles. The number of carbonyl (C=O) groups excluding carboxylic acids is 2. The highest BCUT2D eigenvalue weighted by atomic mass is 35.5. The minimum Gasteiger partial charge on any atom is -0.507 e. The van der Waals surface area contributed by atoms with Gasteiger partial charge in [-0.3, -0.25) is 14.5 Å². The van der Waals surface area contributed by atoms with Crippen molar-refractivity contribution in [3.05, 3.63) is 64.2 Å². The van der Waals surface area contributed by atoms with Gasteiger partial charge in [-0.05, 0) is 54.8 Å². The van der Waals surface area contributed by atoms with Gasteiger partial charge in [0.05, 0.1) is 38.5 Å². The molecule has 204 valence electrons. The van der Waals surface area contributed by atoms with E-state index in [0.717, 1.165) is 32.5 Å². The molecule has 0 saturated carbocycles. The molecular formula is C29H35ClN2O6. The van der Waals surface area contributed by atoms with Crippen LogP contribution in [0.5, 0.6) is 11.5 Å². The highest BCUT2D eigenvalue weighted by Crippen LogP contribution is 2.42. The van der Waals surface area contributed by atoms with E-state index >= 15 is 0 Å². The molecular weight excluding hydrogens is 508 g/mol. The van der Waals surface area contributed by atoms with E-state index in [9.17, 15) is 14.7 Å². The van der Waals surface area contributed by atoms with Crippen molar-refractivity contribution >= 4 is 29.1 Å². The van der Waals surface area contributed by atoms with Gasteiger partial charge >= 0.3 is 0 Å². The number of aliphatic hydroxyl groups excluding tert-OH is 1. The van der Waals surface area contributed by atoms with Gasteiger partial charge < -0.3 is 24.2 Å². The van der Waals surface area contributed by atoms with Crippen molar-refractivity contribution in [2.45, 2.75) is 32.2 Å². The van der Waals surface area contributed by atoms with Crippen LogP contribution in [0.1, 0.15) is 43.4 Å². The second-order valence-corrected chi connectivity index (χ2v) is 9.86. The SMILES string of the molecule is CCCCOc1ccc(C2C(=C(O)c3ccc(Cl)cc3)C(=O)C(=O)N2CCCN2CCOCC2)cc1OC. The van der Waals surface area contributed by atoms with E-state index < -0.39 is 17.7 Å². The lowest BCUT2D eigenvalue weighted by atomic mass is 9.95. The van der Waals surface area contributed by atoms with Crippen LogP contribution in [0.4, 0.5) is 0 Å². The maximum atomic E-state index is 13.3. The van der Waals surface area contributed by atoms with Crippen LogP contribution < -0.4 is 9.47 Å². The fourth-order valence-electron chi connectivity index (χ4n) is 4.81. The molecule has 8 nitrogen and oxygen atoms in total. The molecule has 2 aliphatic heterocycles. The number of ether oxygens (including phenoxy) is 3. The predicted octanol–water partition coefficient (Wildman–Crippen LogP) is 4.67. The van der Waals surface area contributed by atoms with Crippen molar-refractivity contribution in [3.8, 4) is 11.5 Å². The molecule has 2 heterocycles. The van der Waals surface area contributed by atoms with Crippen LogP contribution in [0.15, 0.2) is 48.0 Å². The molecule has 1 N–H and O–H groups in total. The van der Waals surface area contributed by atoms with Crippen LogP contribution in [-0.2, 0) is 14.3 Å². The Hall–Kier alpha value is -3.07. The van der Waals surface area contributed by atoms with Crippen molar-refractivity contribution in [1.82, 2.24) is 9.80 Å². The monoisotopic (exact) mass is 542 g/mol. The maximum Gasteiger partial charge on any atom is 0.295 e. The third kappa shape index (κ3) is 6.31. The van der Waals surface area contributed by atoms with E-state index in [1.54, 1.807) is 48.4 Å². The summed E-state index contributed by atoms with van der Waals surface area (Å²) >= 11 is 6.03. The van der Waals surface area contributed by atoms with E-state index in [2.05, 4.69) is 11.8 Å². The standard InChI is InChI=1S/C29H35ClN2O6/c1-3-4-16-38-23-11-8-21(19-24(23)36-2)26-25(27(33)20-6-9-22(30)10-7-20)28(34)29(35)32(26)13-5-12-31-14-17-37-18-15-31/h6-11,19,26,33H,3-5,12-18H2,1-2H3. The number of morpholine rings is 1. The van der Waals surface area contributed by atoms with E-state index in [-0.39, 0.29) is 11.3 Å². The largest absolute Gasteiger partial charge is 0.507 e. The van der Waals surface area contributed by atoms with Gasteiger partial charge in [0, 0.05) is 36.8 Å². The minimum atomic E-state index is -0.769. The predicted molar refractivity (Wildman–Crippen MR) is 146 cm³/mol. The second-order valence-electron chi connectivity index (χ2n) is 9.42. The fraction of sp³-hybridized carbons (Fsp3) is 0.448. The van der Waals surface area contributed by atoms with Crippen molar-refractivity contribution in [3.63, 3.8) is 0 Å². The number of halogens is 1. The lowest BCUT2D eigenvalue weighted by Gasteiger charge is -2.29. The number of hydrogen-bond donors (Lipinski definition) is 1. The van der Waals surface area contributed by atoms with Crippen LogP contribution >= 0.6 is 11.6 Å². The number of benzene rings is 2. The number of amides is 1. The number of aliphatic hydroxyl groups is 1. The highest BCUT2D eigenvalue weighted by Gasteiger charge is 2.46. The molecule has 4 rings (SSSR count). The Labute approximate surface area is 228 Å². The number of hydrogen-bond acceptors (Lipinski definition) is 7. The minimum absolute atomic E-state index is 0.0467. The fourth-order valence-corrected chi connectivity index (χ4v) is 4.94. The first-order valence-electron chi connectivity index (χ1n) is 13.1. The first kappa shape index (κ1) is 28.0. The second kappa shape index (κ2) is 13.1. The summed E-state index contributed by atoms with van der Waals surface area (Å²) in [6, 6.07) is 11.2. The van der Waals surface area contributed by atoms with Gasteiger partial charge in [0.25, 0.3) is 11.7 Å². The molecule has 0 radical (unpaired) electrons. The molecule has 1 atom stereocenters. The number of carbonyl (C=O) groups is 2. The number of rotatable bonds is 11. The normalized spacial score (nSPS) is 19.7. The van der Waals surface area contributed by atoms with Crippen LogP contribution in [0.2, 0.25) is 5.02 Å². The van der Waals surface area contributed by atoms with E-state index in [1.807, 2.05) is 6.07 Å². The molecule has 38 heavy (non-hydrogen) atoms. The smallest absolute Gasteiger partial charge is 0.295 e. The van der Waals surface area contributed by atoms with E-state index in [4.69, 9.17) is 25.8 Å². The van der Waals surface area contributed by atoms with Gasteiger partial charge in [-0.15, -0.1) is 0 Å². The summed E-state index contributed by atoms with van der Waals surface area (Å²) in [6.07, 6.45) is 2.60. The zero-order valence-corrected chi connectivity index (χ0v) is 22.7. The van der Waals surface area contributed by atoms with E-state index in [1.165, 1.54) is 0 Å². The van der Waals surface area contributed by atoms with Gasteiger partial charge in [0.15, 0.2) is 11.5 Å². The topological polar surface area (TPSA) is 88.5 Å². The van der Waals surface area contributed by atoms with Crippen molar-refractivity contribution in [2.75, 3.05) is 53.1 Å². The Morgan fingerprint density at radius 3 is 2.47 bits per heavy atom. The molecule has 0 aliphatic carbocycles. The number of nitrogens with zero attached hydrogens (tertiary/aromatic N) is 2. The lowest BCUT2D eigenvalue weighted by Crippen LogP contribution is -2.39. The zero-order chi connectivity index (χ0) is 27.1. The van der Waals surface area contributed by atoms with Crippen LogP contribution in [0, 0.1) is 0 Å². The third-order valence-electron chi connectivity index (χ3n) is 6.89. The van der Waals surface area contributed by atoms with Gasteiger partial charge in [-0.2, -0.15) is 0 Å². The molecule has 2 fully saturated rings. The summed E-state index contributed by atoms with van der Waals surface area (Å²) in [6.45, 7) is 6.86. The molecule has 1 amide bonds. The molecule has 2 aromatic carbocycles. The van der Waals surface area contributed by atoms with Gasteiger partial charge in [-0.1, -0.05) is 31.0 Å². The molecule has 2 aliphatic rings. The third-order valence-corrected chi connectivity index (χ3v) is 7.15. The number of Topliss-reactive ketones (excluding diaryl/α,β-unsaturated/α-hetero) is 1. The average molecular weight is 543 g/mol. The van der Waals surface area contributed by atoms with Crippen molar-refractivity contribution in [1.29, 1.82) is 0 Å².